The number of rotatable bonds is 4. The molecule has 0 aliphatic rings. The quantitative estimate of drug-likeness (QED) is 0.940. The third-order valence-corrected chi connectivity index (χ3v) is 3.53. The molecule has 2 aromatic rings. The molecule has 0 bridgehead atoms. The Balaban J connectivity index is 2.29. The summed E-state index contributed by atoms with van der Waals surface area (Å²) in [6.07, 6.45) is 4.97. The molecule has 1 heterocycles. The van der Waals surface area contributed by atoms with E-state index in [1.165, 1.54) is 5.56 Å². The average Bonchev–Trinajstić information content (AvgIpc) is 2.80. The highest BCUT2D eigenvalue weighted by atomic mass is 79.9. The molecule has 96 valence electrons. The molecule has 2 N–H and O–H groups in total. The van der Waals surface area contributed by atoms with Gasteiger partial charge in [-0.1, -0.05) is 28.9 Å². The van der Waals surface area contributed by atoms with Gasteiger partial charge in [-0.2, -0.15) is 5.10 Å². The third-order valence-electron chi connectivity index (χ3n) is 3.04. The van der Waals surface area contributed by atoms with E-state index in [0.29, 0.717) is 0 Å². The normalized spacial score (nSPS) is 12.7. The molecule has 3 nitrogen and oxygen atoms in total. The van der Waals surface area contributed by atoms with Gasteiger partial charge in [-0.15, -0.1) is 0 Å². The summed E-state index contributed by atoms with van der Waals surface area (Å²) in [6.45, 7) is 5.15. The molecule has 18 heavy (non-hydrogen) atoms. The Labute approximate surface area is 116 Å². The number of aryl methyl sites for hydroxylation is 2. The first-order valence-electron chi connectivity index (χ1n) is 6.15. The number of hydrogen-bond donors (Lipinski definition) is 1. The molecule has 0 amide bonds. The molecule has 4 heteroatoms. The van der Waals surface area contributed by atoms with E-state index in [4.69, 9.17) is 5.73 Å². The van der Waals surface area contributed by atoms with E-state index in [1.54, 1.807) is 0 Å². The van der Waals surface area contributed by atoms with E-state index in [0.717, 1.165) is 28.6 Å². The number of hydrogen-bond acceptors (Lipinski definition) is 2. The minimum Gasteiger partial charge on any atom is -0.320 e. The largest absolute Gasteiger partial charge is 0.320 e. The highest BCUT2D eigenvalue weighted by molar-refractivity contribution is 9.10. The van der Waals surface area contributed by atoms with Crippen LogP contribution in [0.5, 0.6) is 0 Å². The summed E-state index contributed by atoms with van der Waals surface area (Å²) >= 11 is 3.49. The van der Waals surface area contributed by atoms with E-state index in [9.17, 15) is 0 Å². The SMILES string of the molecule is CCCn1cc(C(N)c2cc(Br)ccc2C)cn1. The van der Waals surface area contributed by atoms with Crippen molar-refractivity contribution in [3.63, 3.8) is 0 Å². The van der Waals surface area contributed by atoms with Crippen molar-refractivity contribution in [1.29, 1.82) is 0 Å². The van der Waals surface area contributed by atoms with Gasteiger partial charge in [-0.3, -0.25) is 4.68 Å². The Bertz CT molecular complexity index is 534. The van der Waals surface area contributed by atoms with Crippen LogP contribution in [0.4, 0.5) is 0 Å². The average molecular weight is 308 g/mol. The summed E-state index contributed by atoms with van der Waals surface area (Å²) in [5.41, 5.74) is 9.72. The van der Waals surface area contributed by atoms with Crippen molar-refractivity contribution < 1.29 is 0 Å². The lowest BCUT2D eigenvalue weighted by molar-refractivity contribution is 0.602. The number of aromatic nitrogens is 2. The van der Waals surface area contributed by atoms with Gasteiger partial charge in [0.2, 0.25) is 0 Å². The standard InChI is InChI=1S/C14H18BrN3/c1-3-6-18-9-11(8-17-18)14(16)13-7-12(15)5-4-10(13)2/h4-5,7-9,14H,3,6,16H2,1-2H3. The van der Waals surface area contributed by atoms with Crippen LogP contribution in [0.2, 0.25) is 0 Å². The Morgan fingerprint density at radius 3 is 2.94 bits per heavy atom. The third kappa shape index (κ3) is 2.82. The van der Waals surface area contributed by atoms with Gasteiger partial charge in [-0.25, -0.2) is 0 Å². The van der Waals surface area contributed by atoms with Crippen LogP contribution in [-0.2, 0) is 6.54 Å². The van der Waals surface area contributed by atoms with Crippen LogP contribution < -0.4 is 5.73 Å². The summed E-state index contributed by atoms with van der Waals surface area (Å²) in [6, 6.07) is 6.08. The zero-order chi connectivity index (χ0) is 13.1. The zero-order valence-corrected chi connectivity index (χ0v) is 12.3. The van der Waals surface area contributed by atoms with Crippen molar-refractivity contribution >= 4 is 15.9 Å². The van der Waals surface area contributed by atoms with Crippen molar-refractivity contribution in [2.45, 2.75) is 32.9 Å². The van der Waals surface area contributed by atoms with E-state index in [1.807, 2.05) is 23.1 Å². The monoisotopic (exact) mass is 307 g/mol. The van der Waals surface area contributed by atoms with Crippen molar-refractivity contribution in [3.05, 3.63) is 51.8 Å². The number of benzene rings is 1. The van der Waals surface area contributed by atoms with Gasteiger partial charge in [0.05, 0.1) is 12.2 Å². The lowest BCUT2D eigenvalue weighted by atomic mass is 9.98. The molecule has 0 fully saturated rings. The van der Waals surface area contributed by atoms with Crippen LogP contribution in [0.25, 0.3) is 0 Å². The predicted octanol–water partition coefficient (Wildman–Crippen LogP) is 3.41. The fourth-order valence-electron chi connectivity index (χ4n) is 2.02. The van der Waals surface area contributed by atoms with Crippen LogP contribution in [0, 0.1) is 6.92 Å². The minimum atomic E-state index is -0.117. The summed E-state index contributed by atoms with van der Waals surface area (Å²) in [5.74, 6) is 0. The summed E-state index contributed by atoms with van der Waals surface area (Å²) in [7, 11) is 0. The maximum absolute atomic E-state index is 6.32. The smallest absolute Gasteiger partial charge is 0.0585 e. The first-order chi connectivity index (χ1) is 8.61. The van der Waals surface area contributed by atoms with Gasteiger partial charge in [0.15, 0.2) is 0 Å². The molecule has 0 aliphatic heterocycles. The zero-order valence-electron chi connectivity index (χ0n) is 10.7. The highest BCUT2D eigenvalue weighted by Gasteiger charge is 2.13. The lowest BCUT2D eigenvalue weighted by Crippen LogP contribution is -2.12. The molecule has 0 spiro atoms. The molecular formula is C14H18BrN3. The van der Waals surface area contributed by atoms with E-state index in [2.05, 4.69) is 47.0 Å². The fourth-order valence-corrected chi connectivity index (χ4v) is 2.40. The highest BCUT2D eigenvalue weighted by Crippen LogP contribution is 2.25. The van der Waals surface area contributed by atoms with Gasteiger partial charge in [-0.05, 0) is 36.6 Å². The summed E-state index contributed by atoms with van der Waals surface area (Å²) in [5, 5.41) is 4.33. The molecular weight excluding hydrogens is 290 g/mol. The second-order valence-electron chi connectivity index (χ2n) is 4.52. The second-order valence-corrected chi connectivity index (χ2v) is 5.43. The Kier molecular flexibility index (Phi) is 4.19. The maximum Gasteiger partial charge on any atom is 0.0585 e. The van der Waals surface area contributed by atoms with Crippen molar-refractivity contribution in [2.24, 2.45) is 5.73 Å². The van der Waals surface area contributed by atoms with Gasteiger partial charge >= 0.3 is 0 Å². The Morgan fingerprint density at radius 2 is 2.22 bits per heavy atom. The van der Waals surface area contributed by atoms with Gasteiger partial charge in [0, 0.05) is 22.8 Å². The topological polar surface area (TPSA) is 43.8 Å². The Morgan fingerprint density at radius 1 is 1.44 bits per heavy atom. The summed E-state index contributed by atoms with van der Waals surface area (Å²) in [4.78, 5) is 0. The van der Waals surface area contributed by atoms with E-state index < -0.39 is 0 Å². The van der Waals surface area contributed by atoms with Crippen LogP contribution in [0.3, 0.4) is 0 Å². The molecule has 0 aliphatic carbocycles. The number of halogens is 1. The Hall–Kier alpha value is -1.13. The first-order valence-corrected chi connectivity index (χ1v) is 6.95. The lowest BCUT2D eigenvalue weighted by Gasteiger charge is -2.13. The molecule has 1 atom stereocenters. The molecule has 1 unspecified atom stereocenters. The van der Waals surface area contributed by atoms with E-state index in [-0.39, 0.29) is 6.04 Å². The second kappa shape index (κ2) is 5.67. The van der Waals surface area contributed by atoms with Crippen molar-refractivity contribution in [2.75, 3.05) is 0 Å². The summed E-state index contributed by atoms with van der Waals surface area (Å²) < 4.78 is 3.00. The van der Waals surface area contributed by atoms with Gasteiger partial charge in [0.1, 0.15) is 0 Å². The number of nitrogens with two attached hydrogens (primary N) is 1. The molecule has 0 radical (unpaired) electrons. The van der Waals surface area contributed by atoms with Crippen LogP contribution in [0.15, 0.2) is 35.1 Å². The molecule has 2 rings (SSSR count). The minimum absolute atomic E-state index is 0.117. The molecule has 1 aromatic heterocycles. The van der Waals surface area contributed by atoms with E-state index >= 15 is 0 Å². The molecule has 1 aromatic carbocycles. The maximum atomic E-state index is 6.32. The molecule has 0 saturated carbocycles. The molecule has 0 saturated heterocycles. The van der Waals surface area contributed by atoms with Gasteiger partial charge in [0.25, 0.3) is 0 Å². The van der Waals surface area contributed by atoms with Crippen LogP contribution in [0.1, 0.15) is 36.1 Å². The van der Waals surface area contributed by atoms with Gasteiger partial charge < -0.3 is 5.73 Å². The predicted molar refractivity (Wildman–Crippen MR) is 77.4 cm³/mol. The fraction of sp³-hybridized carbons (Fsp3) is 0.357. The first kappa shape index (κ1) is 13.3. The van der Waals surface area contributed by atoms with Crippen molar-refractivity contribution in [1.82, 2.24) is 9.78 Å². The van der Waals surface area contributed by atoms with Crippen LogP contribution >= 0.6 is 15.9 Å². The number of nitrogens with zero attached hydrogens (tertiary/aromatic N) is 2. The van der Waals surface area contributed by atoms with Crippen LogP contribution in [-0.4, -0.2) is 9.78 Å². The van der Waals surface area contributed by atoms with Crippen molar-refractivity contribution in [3.8, 4) is 0 Å².